The van der Waals surface area contributed by atoms with Crippen molar-refractivity contribution in [1.29, 1.82) is 0 Å². The Kier molecular flexibility index (Phi) is 5.98. The van der Waals surface area contributed by atoms with Crippen LogP contribution in [0.3, 0.4) is 0 Å². The van der Waals surface area contributed by atoms with Gasteiger partial charge < -0.3 is 5.11 Å². The molecule has 2 aliphatic heterocycles. The van der Waals surface area contributed by atoms with E-state index in [0.29, 0.717) is 32.1 Å². The van der Waals surface area contributed by atoms with Crippen molar-refractivity contribution in [1.82, 2.24) is 9.21 Å². The number of rotatable bonds is 5. The monoisotopic (exact) mass is 416 g/mol. The normalized spacial score (nSPS) is 28.3. The van der Waals surface area contributed by atoms with Crippen LogP contribution in [0.5, 0.6) is 0 Å². The van der Waals surface area contributed by atoms with Crippen molar-refractivity contribution in [2.75, 3.05) is 37.7 Å². The first-order valence-corrected chi connectivity index (χ1v) is 12.6. The molecule has 1 aromatic carbocycles. The topological polar surface area (TPSA) is 95.0 Å². The third-order valence-corrected chi connectivity index (χ3v) is 9.35. The smallest absolute Gasteiger partial charge is 0.243 e. The molecular weight excluding hydrogens is 388 g/mol. The van der Waals surface area contributed by atoms with Gasteiger partial charge >= 0.3 is 0 Å². The highest BCUT2D eigenvalue weighted by atomic mass is 32.2. The maximum atomic E-state index is 12.9. The van der Waals surface area contributed by atoms with Crippen LogP contribution < -0.4 is 0 Å². The fourth-order valence-electron chi connectivity index (χ4n) is 3.79. The van der Waals surface area contributed by atoms with Gasteiger partial charge in [0.2, 0.25) is 10.0 Å². The van der Waals surface area contributed by atoms with Gasteiger partial charge in [0, 0.05) is 26.2 Å². The Hall–Kier alpha value is -1.00. The summed E-state index contributed by atoms with van der Waals surface area (Å²) in [7, 11) is -6.78. The molecule has 27 heavy (non-hydrogen) atoms. The van der Waals surface area contributed by atoms with Crippen LogP contribution in [0.2, 0.25) is 0 Å². The summed E-state index contributed by atoms with van der Waals surface area (Å²) in [6, 6.07) is 6.64. The highest BCUT2D eigenvalue weighted by Crippen LogP contribution is 2.25. The first-order chi connectivity index (χ1) is 12.6. The van der Waals surface area contributed by atoms with Crippen molar-refractivity contribution in [3.63, 3.8) is 0 Å². The lowest BCUT2D eigenvalue weighted by Crippen LogP contribution is -2.54. The molecule has 2 saturated heterocycles. The number of sulfone groups is 1. The Labute approximate surface area is 161 Å². The average Bonchev–Trinajstić information content (AvgIpc) is 2.93. The summed E-state index contributed by atoms with van der Waals surface area (Å²) in [6.07, 6.45) is 0.0998. The average molecular weight is 417 g/mol. The zero-order valence-electron chi connectivity index (χ0n) is 15.8. The number of piperazine rings is 1. The molecule has 1 aromatic rings. The summed E-state index contributed by atoms with van der Waals surface area (Å²) < 4.78 is 50.6. The molecular formula is C18H28N2O5S2. The molecule has 0 amide bonds. The highest BCUT2D eigenvalue weighted by molar-refractivity contribution is 7.91. The van der Waals surface area contributed by atoms with Crippen LogP contribution in [0, 0.1) is 0 Å². The second-order valence-electron chi connectivity index (χ2n) is 7.53. The number of hydrogen-bond donors (Lipinski definition) is 1. The van der Waals surface area contributed by atoms with E-state index in [1.807, 2.05) is 17.0 Å². The molecule has 0 radical (unpaired) electrons. The Morgan fingerprint density at radius 1 is 1.11 bits per heavy atom. The summed E-state index contributed by atoms with van der Waals surface area (Å²) in [5.74, 6) is 0.121. The van der Waals surface area contributed by atoms with E-state index in [2.05, 4.69) is 13.8 Å². The van der Waals surface area contributed by atoms with Crippen molar-refractivity contribution in [2.24, 2.45) is 0 Å². The molecule has 0 aliphatic carbocycles. The van der Waals surface area contributed by atoms with Gasteiger partial charge in [0.15, 0.2) is 9.84 Å². The van der Waals surface area contributed by atoms with Gasteiger partial charge in [-0.2, -0.15) is 4.31 Å². The molecule has 2 heterocycles. The molecule has 0 aromatic heterocycles. The third-order valence-electron chi connectivity index (χ3n) is 5.74. The molecule has 3 rings (SSSR count). The van der Waals surface area contributed by atoms with E-state index in [4.69, 9.17) is 0 Å². The number of aliphatic hydroxyl groups is 1. The van der Waals surface area contributed by atoms with E-state index in [-0.39, 0.29) is 16.4 Å². The molecule has 7 nitrogen and oxygen atoms in total. The van der Waals surface area contributed by atoms with Gasteiger partial charge in [0.05, 0.1) is 28.5 Å². The minimum absolute atomic E-state index is 0.0575. The second kappa shape index (κ2) is 7.79. The lowest BCUT2D eigenvalue weighted by atomic mass is 9.99. The van der Waals surface area contributed by atoms with Gasteiger partial charge in [-0.05, 0) is 30.0 Å². The van der Waals surface area contributed by atoms with E-state index >= 15 is 0 Å². The Bertz CT molecular complexity index is 860. The van der Waals surface area contributed by atoms with E-state index in [9.17, 15) is 21.9 Å². The predicted molar refractivity (Wildman–Crippen MR) is 104 cm³/mol. The number of aliphatic hydroxyl groups excluding tert-OH is 1. The molecule has 152 valence electrons. The molecule has 9 heteroatoms. The summed E-state index contributed by atoms with van der Waals surface area (Å²) in [6.45, 7) is 5.63. The molecule has 0 bridgehead atoms. The molecule has 2 fully saturated rings. The number of benzene rings is 1. The number of sulfonamides is 1. The van der Waals surface area contributed by atoms with Crippen LogP contribution >= 0.6 is 0 Å². The fourth-order valence-corrected chi connectivity index (χ4v) is 7.04. The van der Waals surface area contributed by atoms with E-state index in [1.54, 1.807) is 12.1 Å². The summed E-state index contributed by atoms with van der Waals surface area (Å²) >= 11 is 0. The van der Waals surface area contributed by atoms with Crippen LogP contribution in [0.4, 0.5) is 0 Å². The summed E-state index contributed by atoms with van der Waals surface area (Å²) in [5, 5.41) is 10.0. The molecule has 0 saturated carbocycles. The van der Waals surface area contributed by atoms with E-state index in [0.717, 1.165) is 12.0 Å². The molecule has 1 N–H and O–H groups in total. The first kappa shape index (κ1) is 20.7. The van der Waals surface area contributed by atoms with Crippen molar-refractivity contribution in [2.45, 2.75) is 43.2 Å². The minimum atomic E-state index is -3.57. The van der Waals surface area contributed by atoms with Crippen LogP contribution in [0.15, 0.2) is 29.2 Å². The van der Waals surface area contributed by atoms with Crippen molar-refractivity contribution in [3.05, 3.63) is 29.8 Å². The van der Waals surface area contributed by atoms with Crippen LogP contribution in [0.1, 0.15) is 31.7 Å². The van der Waals surface area contributed by atoms with Gasteiger partial charge in [-0.3, -0.25) is 4.90 Å². The fraction of sp³-hybridized carbons (Fsp3) is 0.667. The Morgan fingerprint density at radius 2 is 1.70 bits per heavy atom. The van der Waals surface area contributed by atoms with Gasteiger partial charge in [-0.15, -0.1) is 0 Å². The quantitative estimate of drug-likeness (QED) is 0.758. The molecule has 0 spiro atoms. The van der Waals surface area contributed by atoms with E-state index in [1.165, 1.54) is 4.31 Å². The predicted octanol–water partition coefficient (Wildman–Crippen LogP) is 0.664. The third kappa shape index (κ3) is 4.37. The maximum Gasteiger partial charge on any atom is 0.243 e. The Morgan fingerprint density at radius 3 is 2.19 bits per heavy atom. The number of hydrogen-bond acceptors (Lipinski definition) is 6. The minimum Gasteiger partial charge on any atom is -0.390 e. The first-order valence-electron chi connectivity index (χ1n) is 9.36. The van der Waals surface area contributed by atoms with Crippen molar-refractivity contribution < 1.29 is 21.9 Å². The van der Waals surface area contributed by atoms with E-state index < -0.39 is 32.0 Å². The number of nitrogens with zero attached hydrogens (tertiary/aromatic N) is 2. The van der Waals surface area contributed by atoms with Crippen molar-refractivity contribution in [3.8, 4) is 0 Å². The Balaban J connectivity index is 1.66. The van der Waals surface area contributed by atoms with Gasteiger partial charge in [-0.1, -0.05) is 26.0 Å². The second-order valence-corrected chi connectivity index (χ2v) is 11.6. The molecule has 2 aliphatic rings. The van der Waals surface area contributed by atoms with Crippen LogP contribution in [0.25, 0.3) is 0 Å². The lowest BCUT2D eigenvalue weighted by Gasteiger charge is -2.37. The van der Waals surface area contributed by atoms with Crippen molar-refractivity contribution >= 4 is 19.9 Å². The summed E-state index contributed by atoms with van der Waals surface area (Å²) in [4.78, 5) is 2.18. The van der Waals surface area contributed by atoms with Gasteiger partial charge in [-0.25, -0.2) is 16.8 Å². The zero-order valence-corrected chi connectivity index (χ0v) is 17.4. The van der Waals surface area contributed by atoms with Gasteiger partial charge in [0.25, 0.3) is 0 Å². The summed E-state index contributed by atoms with van der Waals surface area (Å²) in [5.41, 5.74) is 1.12. The van der Waals surface area contributed by atoms with Crippen LogP contribution in [-0.4, -0.2) is 81.0 Å². The molecule has 0 unspecified atom stereocenters. The van der Waals surface area contributed by atoms with Gasteiger partial charge in [0.1, 0.15) is 0 Å². The maximum absolute atomic E-state index is 12.9. The lowest BCUT2D eigenvalue weighted by molar-refractivity contribution is 0.0618. The standard InChI is InChI=1S/C18H28N2O5S2/c1-3-14(2)15-4-6-16(7-5-15)27(24,25)20-10-8-19(9-11-20)17-12-26(22,23)13-18(17)21/h4-7,14,17-18,21H,3,8-13H2,1-2H3/t14-,17+,18+/m0/s1. The van der Waals surface area contributed by atoms with Crippen LogP contribution in [-0.2, 0) is 19.9 Å². The highest BCUT2D eigenvalue weighted by Gasteiger charge is 2.41. The largest absolute Gasteiger partial charge is 0.390 e. The zero-order chi connectivity index (χ0) is 19.8. The SMILES string of the molecule is CC[C@H](C)c1ccc(S(=O)(=O)N2CCN([C@@H]3CS(=O)(=O)C[C@H]3O)CC2)cc1. The molecule has 3 atom stereocenters.